The van der Waals surface area contributed by atoms with Gasteiger partial charge in [0.2, 0.25) is 5.91 Å². The average molecular weight is 290 g/mol. The van der Waals surface area contributed by atoms with E-state index in [0.29, 0.717) is 17.1 Å². The maximum Gasteiger partial charge on any atom is 0.355 e. The zero-order valence-electron chi connectivity index (χ0n) is 11.1. The predicted octanol–water partition coefficient (Wildman–Crippen LogP) is 3.03. The predicted molar refractivity (Wildman–Crippen MR) is 78.2 cm³/mol. The highest BCUT2D eigenvalue weighted by Crippen LogP contribution is 2.30. The molecule has 0 unspecified atom stereocenters. The normalized spacial score (nSPS) is 10.3. The molecule has 6 heteroatoms. The van der Waals surface area contributed by atoms with Crippen molar-refractivity contribution < 1.29 is 14.7 Å². The van der Waals surface area contributed by atoms with Gasteiger partial charge in [-0.1, -0.05) is 19.1 Å². The lowest BCUT2D eigenvalue weighted by atomic mass is 10.2. The van der Waals surface area contributed by atoms with Crippen LogP contribution in [0.2, 0.25) is 0 Å². The number of carboxylic acids is 1. The number of amides is 1. The molecule has 0 spiro atoms. The van der Waals surface area contributed by atoms with E-state index in [1.807, 2.05) is 13.0 Å². The lowest BCUT2D eigenvalue weighted by Gasteiger charge is -2.03. The topological polar surface area (TPSA) is 79.3 Å². The van der Waals surface area contributed by atoms with Crippen LogP contribution in [0.15, 0.2) is 24.3 Å². The van der Waals surface area contributed by atoms with Crippen LogP contribution in [0, 0.1) is 0 Å². The Hall–Kier alpha value is -2.21. The van der Waals surface area contributed by atoms with Gasteiger partial charge in [-0.15, -0.1) is 11.3 Å². The lowest BCUT2D eigenvalue weighted by molar-refractivity contribution is -0.114. The highest BCUT2D eigenvalue weighted by molar-refractivity contribution is 7.15. The Kier molecular flexibility index (Phi) is 4.14. The number of benzene rings is 1. The smallest absolute Gasteiger partial charge is 0.355 e. The zero-order chi connectivity index (χ0) is 14.7. The van der Waals surface area contributed by atoms with Crippen LogP contribution >= 0.6 is 11.3 Å². The number of thiazole rings is 1. The Morgan fingerprint density at radius 3 is 2.70 bits per heavy atom. The Balaban J connectivity index is 2.41. The standard InChI is InChI=1S/C14H14N2O3S/c1-3-11-12(14(18)19)16-13(20-11)9-5-4-6-10(7-9)15-8(2)17/h4-7H,3H2,1-2H3,(H,15,17)(H,18,19). The van der Waals surface area contributed by atoms with Crippen LogP contribution < -0.4 is 5.32 Å². The molecule has 5 nitrogen and oxygen atoms in total. The molecule has 2 rings (SSSR count). The van der Waals surface area contributed by atoms with Crippen LogP contribution in [0.25, 0.3) is 10.6 Å². The van der Waals surface area contributed by atoms with Crippen molar-refractivity contribution in [3.63, 3.8) is 0 Å². The summed E-state index contributed by atoms with van der Waals surface area (Å²) in [5, 5.41) is 12.5. The Labute approximate surface area is 120 Å². The van der Waals surface area contributed by atoms with Gasteiger partial charge >= 0.3 is 5.97 Å². The van der Waals surface area contributed by atoms with Crippen LogP contribution in [0.4, 0.5) is 5.69 Å². The quantitative estimate of drug-likeness (QED) is 0.907. The second kappa shape index (κ2) is 5.83. The first-order chi connectivity index (χ1) is 9.51. The highest BCUT2D eigenvalue weighted by Gasteiger charge is 2.17. The van der Waals surface area contributed by atoms with Gasteiger partial charge in [-0.05, 0) is 18.6 Å². The Bertz CT molecular complexity index is 664. The lowest BCUT2D eigenvalue weighted by Crippen LogP contribution is -2.05. The van der Waals surface area contributed by atoms with Crippen molar-refractivity contribution in [2.24, 2.45) is 0 Å². The van der Waals surface area contributed by atoms with Crippen molar-refractivity contribution in [1.82, 2.24) is 4.98 Å². The molecule has 104 valence electrons. The first kappa shape index (κ1) is 14.2. The second-order valence-electron chi connectivity index (χ2n) is 4.21. The van der Waals surface area contributed by atoms with Crippen molar-refractivity contribution in [3.8, 4) is 10.6 Å². The number of aromatic carboxylic acids is 1. The highest BCUT2D eigenvalue weighted by atomic mass is 32.1. The summed E-state index contributed by atoms with van der Waals surface area (Å²) in [6.07, 6.45) is 0.630. The van der Waals surface area contributed by atoms with E-state index in [1.165, 1.54) is 18.3 Å². The van der Waals surface area contributed by atoms with Crippen molar-refractivity contribution in [2.45, 2.75) is 20.3 Å². The molecule has 0 radical (unpaired) electrons. The number of anilines is 1. The molecule has 0 aliphatic carbocycles. The third kappa shape index (κ3) is 3.03. The van der Waals surface area contributed by atoms with Gasteiger partial charge in [-0.25, -0.2) is 9.78 Å². The summed E-state index contributed by atoms with van der Waals surface area (Å²) in [6.45, 7) is 3.34. The largest absolute Gasteiger partial charge is 0.476 e. The molecule has 0 fully saturated rings. The molecule has 1 heterocycles. The fourth-order valence-corrected chi connectivity index (χ4v) is 2.80. The average Bonchev–Trinajstić information content (AvgIpc) is 2.82. The minimum absolute atomic E-state index is 0.109. The van der Waals surface area contributed by atoms with Gasteiger partial charge in [0.1, 0.15) is 5.01 Å². The summed E-state index contributed by atoms with van der Waals surface area (Å²) in [5.74, 6) is -1.16. The molecule has 2 N–H and O–H groups in total. The van der Waals surface area contributed by atoms with E-state index >= 15 is 0 Å². The van der Waals surface area contributed by atoms with E-state index in [0.717, 1.165) is 10.4 Å². The first-order valence-electron chi connectivity index (χ1n) is 6.12. The summed E-state index contributed by atoms with van der Waals surface area (Å²) in [4.78, 5) is 27.1. The first-order valence-corrected chi connectivity index (χ1v) is 6.94. The molecule has 0 aliphatic rings. The van der Waals surface area contributed by atoms with E-state index in [4.69, 9.17) is 5.11 Å². The van der Waals surface area contributed by atoms with Crippen LogP contribution in [-0.2, 0) is 11.2 Å². The zero-order valence-corrected chi connectivity index (χ0v) is 12.0. The molecule has 20 heavy (non-hydrogen) atoms. The van der Waals surface area contributed by atoms with Crippen molar-refractivity contribution in [2.75, 3.05) is 5.32 Å². The maximum atomic E-state index is 11.1. The fraction of sp³-hybridized carbons (Fsp3) is 0.214. The van der Waals surface area contributed by atoms with Crippen LogP contribution in [0.3, 0.4) is 0 Å². The monoisotopic (exact) mass is 290 g/mol. The molecule has 1 amide bonds. The number of carboxylic acid groups (broad SMARTS) is 1. The van der Waals surface area contributed by atoms with Gasteiger partial charge in [-0.2, -0.15) is 0 Å². The molecule has 0 aliphatic heterocycles. The van der Waals surface area contributed by atoms with E-state index in [-0.39, 0.29) is 11.6 Å². The molecule has 0 atom stereocenters. The van der Waals surface area contributed by atoms with Gasteiger partial charge in [0.25, 0.3) is 0 Å². The third-order valence-corrected chi connectivity index (χ3v) is 3.90. The van der Waals surface area contributed by atoms with Crippen molar-refractivity contribution in [1.29, 1.82) is 0 Å². The van der Waals surface area contributed by atoms with Gasteiger partial charge < -0.3 is 10.4 Å². The van der Waals surface area contributed by atoms with E-state index in [9.17, 15) is 9.59 Å². The van der Waals surface area contributed by atoms with Crippen LogP contribution in [0.5, 0.6) is 0 Å². The van der Waals surface area contributed by atoms with E-state index < -0.39 is 5.97 Å². The number of aromatic nitrogens is 1. The van der Waals surface area contributed by atoms with E-state index in [1.54, 1.807) is 18.2 Å². The molecular weight excluding hydrogens is 276 g/mol. The number of hydrogen-bond donors (Lipinski definition) is 2. The number of carbonyl (C=O) groups excluding carboxylic acids is 1. The second-order valence-corrected chi connectivity index (χ2v) is 5.30. The summed E-state index contributed by atoms with van der Waals surface area (Å²) in [7, 11) is 0. The van der Waals surface area contributed by atoms with Crippen molar-refractivity contribution in [3.05, 3.63) is 34.8 Å². The van der Waals surface area contributed by atoms with Crippen LogP contribution in [0.1, 0.15) is 29.2 Å². The van der Waals surface area contributed by atoms with Gasteiger partial charge in [-0.3, -0.25) is 4.79 Å². The minimum atomic E-state index is -1.01. The fourth-order valence-electron chi connectivity index (χ4n) is 1.82. The molecule has 1 aromatic heterocycles. The minimum Gasteiger partial charge on any atom is -0.476 e. The summed E-state index contributed by atoms with van der Waals surface area (Å²) >= 11 is 1.36. The number of nitrogens with one attached hydrogen (secondary N) is 1. The number of hydrogen-bond acceptors (Lipinski definition) is 4. The number of rotatable bonds is 4. The molecule has 1 aromatic carbocycles. The molecule has 2 aromatic rings. The summed E-state index contributed by atoms with van der Waals surface area (Å²) in [5.41, 5.74) is 1.57. The van der Waals surface area contributed by atoms with Crippen LogP contribution in [-0.4, -0.2) is 22.0 Å². The molecule has 0 saturated heterocycles. The molecular formula is C14H14N2O3S. The van der Waals surface area contributed by atoms with Gasteiger partial charge in [0.15, 0.2) is 5.69 Å². The summed E-state index contributed by atoms with van der Waals surface area (Å²) < 4.78 is 0. The SMILES string of the molecule is CCc1sc(-c2cccc(NC(C)=O)c2)nc1C(=O)O. The van der Waals surface area contributed by atoms with Crippen molar-refractivity contribution >= 4 is 28.9 Å². The molecule has 0 saturated carbocycles. The van der Waals surface area contributed by atoms with Gasteiger partial charge in [0, 0.05) is 23.1 Å². The Morgan fingerprint density at radius 2 is 2.15 bits per heavy atom. The molecule has 0 bridgehead atoms. The number of nitrogens with zero attached hydrogens (tertiary/aromatic N) is 1. The number of aryl methyl sites for hydroxylation is 1. The summed E-state index contributed by atoms with van der Waals surface area (Å²) in [6, 6.07) is 7.20. The maximum absolute atomic E-state index is 11.1. The van der Waals surface area contributed by atoms with E-state index in [2.05, 4.69) is 10.3 Å². The number of carbonyl (C=O) groups is 2. The van der Waals surface area contributed by atoms with Gasteiger partial charge in [0.05, 0.1) is 0 Å². The third-order valence-electron chi connectivity index (χ3n) is 2.65. The Morgan fingerprint density at radius 1 is 1.40 bits per heavy atom.